The zero-order valence-electron chi connectivity index (χ0n) is 13.1. The zero-order chi connectivity index (χ0) is 16.8. The van der Waals surface area contributed by atoms with Gasteiger partial charge in [-0.1, -0.05) is 0 Å². The molecule has 1 aromatic heterocycles. The lowest BCUT2D eigenvalue weighted by Gasteiger charge is -2.44. The lowest BCUT2D eigenvalue weighted by Crippen LogP contribution is -2.59. The molecule has 2 atom stereocenters. The Balaban J connectivity index is 1.80. The van der Waals surface area contributed by atoms with Crippen molar-refractivity contribution in [3.05, 3.63) is 29.8 Å². The first-order valence-electron chi connectivity index (χ1n) is 7.83. The first-order valence-corrected chi connectivity index (χ1v) is 7.83. The Bertz CT molecular complexity index is 800. The summed E-state index contributed by atoms with van der Waals surface area (Å²) in [5, 5.41) is 24.7. The van der Waals surface area contributed by atoms with Gasteiger partial charge in [-0.05, 0) is 19.1 Å². The normalized spacial score (nSPS) is 22.5. The van der Waals surface area contributed by atoms with Gasteiger partial charge in [-0.3, -0.25) is 0 Å². The molecule has 1 aromatic carbocycles. The van der Waals surface area contributed by atoms with Crippen LogP contribution < -0.4 is 15.5 Å². The molecule has 0 unspecified atom stereocenters. The van der Waals surface area contributed by atoms with Crippen LogP contribution in [0.4, 0.5) is 20.3 Å². The first-order chi connectivity index (χ1) is 11.5. The van der Waals surface area contributed by atoms with E-state index in [1.54, 1.807) is 6.07 Å². The summed E-state index contributed by atoms with van der Waals surface area (Å²) in [5.41, 5.74) is 1.06. The average molecular weight is 333 g/mol. The molecule has 126 valence electrons. The fraction of sp³-hybridized carbons (Fsp3) is 0.375. The predicted octanol–water partition coefficient (Wildman–Crippen LogP) is 1.72. The van der Waals surface area contributed by atoms with E-state index < -0.39 is 17.4 Å². The highest BCUT2D eigenvalue weighted by Gasteiger charge is 2.32. The molecule has 4 rings (SSSR count). The third-order valence-electron chi connectivity index (χ3n) is 4.51. The number of piperazine rings is 1. The number of rotatable bonds is 1. The van der Waals surface area contributed by atoms with Crippen molar-refractivity contribution in [1.82, 2.24) is 15.5 Å². The van der Waals surface area contributed by atoms with Crippen molar-refractivity contribution >= 4 is 11.5 Å². The predicted molar refractivity (Wildman–Crippen MR) is 86.1 cm³/mol. The van der Waals surface area contributed by atoms with Gasteiger partial charge in [0, 0.05) is 37.3 Å². The first kappa shape index (κ1) is 15.1. The number of hydrogen-bond donors (Lipinski definition) is 3. The van der Waals surface area contributed by atoms with Gasteiger partial charge < -0.3 is 20.6 Å². The number of hydrogen-bond acceptors (Lipinski definition) is 6. The molecule has 2 aliphatic rings. The topological polar surface area (TPSA) is 73.3 Å². The summed E-state index contributed by atoms with van der Waals surface area (Å²) in [6.45, 7) is 4.49. The molecule has 1 fully saturated rings. The second kappa shape index (κ2) is 5.55. The van der Waals surface area contributed by atoms with E-state index in [0.717, 1.165) is 31.4 Å². The Morgan fingerprint density at radius 1 is 1.21 bits per heavy atom. The van der Waals surface area contributed by atoms with Gasteiger partial charge in [-0.25, -0.2) is 8.78 Å². The van der Waals surface area contributed by atoms with Gasteiger partial charge in [0.05, 0.1) is 17.4 Å². The minimum atomic E-state index is -1.02. The molecular formula is C16H17F2N5O. The summed E-state index contributed by atoms with van der Waals surface area (Å²) in [6.07, 6.45) is 0. The number of fused-ring (bicyclic) bond motifs is 3. The van der Waals surface area contributed by atoms with E-state index in [0.29, 0.717) is 17.9 Å². The van der Waals surface area contributed by atoms with Gasteiger partial charge >= 0.3 is 0 Å². The van der Waals surface area contributed by atoms with Gasteiger partial charge in [-0.15, -0.1) is 10.2 Å². The molecule has 0 saturated carbocycles. The molecule has 0 aliphatic carbocycles. The fourth-order valence-corrected chi connectivity index (χ4v) is 3.27. The summed E-state index contributed by atoms with van der Waals surface area (Å²) in [4.78, 5) is 2.22. The number of phenols is 1. The van der Waals surface area contributed by atoms with E-state index in [2.05, 4.69) is 32.7 Å². The zero-order valence-corrected chi connectivity index (χ0v) is 13.1. The number of benzene rings is 1. The molecule has 0 radical (unpaired) electrons. The number of aromatic hydroxyl groups is 1. The SMILES string of the molecule is C[C@H]1CN2c3cc(-c4cc(F)cc(F)c4O)nnc3NC[C@H]2CN1. The lowest BCUT2D eigenvalue weighted by atomic mass is 10.0. The smallest absolute Gasteiger partial charge is 0.172 e. The summed E-state index contributed by atoms with van der Waals surface area (Å²) < 4.78 is 27.1. The van der Waals surface area contributed by atoms with Gasteiger partial charge in [0.1, 0.15) is 5.82 Å². The molecule has 24 heavy (non-hydrogen) atoms. The van der Waals surface area contributed by atoms with Crippen molar-refractivity contribution in [3.8, 4) is 17.0 Å². The van der Waals surface area contributed by atoms with Crippen LogP contribution in [0.15, 0.2) is 18.2 Å². The number of phenolic OH excluding ortho intramolecular Hbond substituents is 1. The third-order valence-corrected chi connectivity index (χ3v) is 4.51. The van der Waals surface area contributed by atoms with Gasteiger partial charge in [-0.2, -0.15) is 0 Å². The minimum absolute atomic E-state index is 0.00638. The Morgan fingerprint density at radius 2 is 2.04 bits per heavy atom. The largest absolute Gasteiger partial charge is 0.504 e. The second-order valence-corrected chi connectivity index (χ2v) is 6.24. The van der Waals surface area contributed by atoms with Crippen molar-refractivity contribution in [3.63, 3.8) is 0 Å². The quantitative estimate of drug-likeness (QED) is 0.738. The molecule has 0 spiro atoms. The van der Waals surface area contributed by atoms with Crippen LogP contribution in [0, 0.1) is 11.6 Å². The minimum Gasteiger partial charge on any atom is -0.504 e. The Kier molecular flexibility index (Phi) is 3.49. The average Bonchev–Trinajstić information content (AvgIpc) is 2.57. The van der Waals surface area contributed by atoms with Crippen molar-refractivity contribution in [1.29, 1.82) is 0 Å². The summed E-state index contributed by atoms with van der Waals surface area (Å²) in [5.74, 6) is -1.77. The fourth-order valence-electron chi connectivity index (χ4n) is 3.27. The Labute approximate surface area is 137 Å². The van der Waals surface area contributed by atoms with Gasteiger partial charge in [0.2, 0.25) is 0 Å². The molecule has 2 aromatic rings. The monoisotopic (exact) mass is 333 g/mol. The molecule has 3 heterocycles. The second-order valence-electron chi connectivity index (χ2n) is 6.24. The maximum atomic E-state index is 13.6. The van der Waals surface area contributed by atoms with Crippen molar-refractivity contribution in [2.45, 2.75) is 19.0 Å². The van der Waals surface area contributed by atoms with Crippen LogP contribution in [0.1, 0.15) is 6.92 Å². The standard InChI is InChI=1S/C16H17F2N5O/c1-8-7-23-10(5-19-8)6-20-16-14(23)4-13(21-22-16)11-2-9(17)3-12(18)15(11)24/h2-4,8,10,19,24H,5-7H2,1H3,(H,20,22)/t8-,10+/m0/s1. The van der Waals surface area contributed by atoms with Crippen LogP contribution in [-0.4, -0.2) is 47.0 Å². The number of nitrogens with zero attached hydrogens (tertiary/aromatic N) is 3. The highest BCUT2D eigenvalue weighted by atomic mass is 19.1. The Hall–Kier alpha value is -2.48. The van der Waals surface area contributed by atoms with E-state index in [9.17, 15) is 13.9 Å². The van der Waals surface area contributed by atoms with E-state index in [-0.39, 0.29) is 17.3 Å². The highest BCUT2D eigenvalue weighted by Crippen LogP contribution is 2.37. The lowest BCUT2D eigenvalue weighted by molar-refractivity contribution is 0.412. The maximum absolute atomic E-state index is 13.6. The van der Waals surface area contributed by atoms with Crippen molar-refractivity contribution < 1.29 is 13.9 Å². The van der Waals surface area contributed by atoms with E-state index in [1.165, 1.54) is 0 Å². The van der Waals surface area contributed by atoms with Crippen molar-refractivity contribution in [2.75, 3.05) is 29.9 Å². The van der Waals surface area contributed by atoms with E-state index >= 15 is 0 Å². The molecule has 1 saturated heterocycles. The number of halogens is 2. The molecule has 8 heteroatoms. The highest BCUT2D eigenvalue weighted by molar-refractivity contribution is 5.76. The van der Waals surface area contributed by atoms with Crippen LogP contribution >= 0.6 is 0 Å². The van der Waals surface area contributed by atoms with E-state index in [1.807, 2.05) is 0 Å². The van der Waals surface area contributed by atoms with Gasteiger partial charge in [0.25, 0.3) is 0 Å². The molecule has 3 N–H and O–H groups in total. The number of anilines is 2. The van der Waals surface area contributed by atoms with Crippen LogP contribution in [0.2, 0.25) is 0 Å². The Morgan fingerprint density at radius 3 is 2.88 bits per heavy atom. The van der Waals surface area contributed by atoms with Crippen molar-refractivity contribution in [2.24, 2.45) is 0 Å². The van der Waals surface area contributed by atoms with Crippen LogP contribution in [0.25, 0.3) is 11.3 Å². The molecule has 6 nitrogen and oxygen atoms in total. The van der Waals surface area contributed by atoms with Crippen LogP contribution in [0.5, 0.6) is 5.75 Å². The molecule has 0 amide bonds. The number of aromatic nitrogens is 2. The molecule has 2 aliphatic heterocycles. The van der Waals surface area contributed by atoms with Crippen LogP contribution in [0.3, 0.4) is 0 Å². The van der Waals surface area contributed by atoms with Gasteiger partial charge in [0.15, 0.2) is 17.4 Å². The molecule has 0 bridgehead atoms. The summed E-state index contributed by atoms with van der Waals surface area (Å²) in [6, 6.07) is 4.00. The summed E-state index contributed by atoms with van der Waals surface area (Å²) in [7, 11) is 0. The molecular weight excluding hydrogens is 316 g/mol. The number of nitrogens with one attached hydrogen (secondary N) is 2. The summed E-state index contributed by atoms with van der Waals surface area (Å²) >= 11 is 0. The van der Waals surface area contributed by atoms with Crippen LogP contribution in [-0.2, 0) is 0 Å². The van der Waals surface area contributed by atoms with E-state index in [4.69, 9.17) is 0 Å². The maximum Gasteiger partial charge on any atom is 0.172 e. The third kappa shape index (κ3) is 2.43.